The molecule has 0 spiro atoms. The molecule has 1 aliphatic carbocycles. The predicted octanol–water partition coefficient (Wildman–Crippen LogP) is 4.10. The van der Waals surface area contributed by atoms with Crippen LogP contribution < -0.4 is 9.62 Å². The molecule has 2 aliphatic rings. The van der Waals surface area contributed by atoms with Crippen LogP contribution in [0, 0.1) is 5.92 Å². The van der Waals surface area contributed by atoms with Crippen LogP contribution in [-0.2, 0) is 16.4 Å². The van der Waals surface area contributed by atoms with Crippen molar-refractivity contribution in [2.45, 2.75) is 42.9 Å². The van der Waals surface area contributed by atoms with Gasteiger partial charge in [-0.25, -0.2) is 8.42 Å². The smallest absolute Gasteiger partial charge is 0.271 e. The van der Waals surface area contributed by atoms with Gasteiger partial charge in [-0.1, -0.05) is 19.1 Å². The van der Waals surface area contributed by atoms with Crippen LogP contribution in [0.15, 0.2) is 40.6 Å². The number of para-hydroxylation sites is 2. The second-order valence-corrected chi connectivity index (χ2v) is 9.76. The zero-order valence-corrected chi connectivity index (χ0v) is 15.4. The zero-order valence-electron chi connectivity index (χ0n) is 13.7. The van der Waals surface area contributed by atoms with E-state index in [-0.39, 0.29) is 0 Å². The molecule has 1 saturated carbocycles. The van der Waals surface area contributed by atoms with Crippen molar-refractivity contribution in [2.24, 2.45) is 5.92 Å². The van der Waals surface area contributed by atoms with E-state index >= 15 is 0 Å². The summed E-state index contributed by atoms with van der Waals surface area (Å²) >= 11 is 1.35. The van der Waals surface area contributed by atoms with Crippen molar-refractivity contribution >= 4 is 32.7 Å². The largest absolute Gasteiger partial charge is 0.367 e. The molecule has 2 unspecified atom stereocenters. The van der Waals surface area contributed by atoms with Gasteiger partial charge >= 0.3 is 0 Å². The highest BCUT2D eigenvalue weighted by Gasteiger charge is 2.38. The average molecular weight is 363 g/mol. The Morgan fingerprint density at radius 1 is 1.21 bits per heavy atom. The summed E-state index contributed by atoms with van der Waals surface area (Å²) in [6.07, 6.45) is 4.63. The minimum Gasteiger partial charge on any atom is -0.367 e. The summed E-state index contributed by atoms with van der Waals surface area (Å²) in [5, 5.41) is 0. The summed E-state index contributed by atoms with van der Waals surface area (Å²) in [4.78, 5) is 3.47. The second-order valence-electron chi connectivity index (χ2n) is 6.68. The van der Waals surface area contributed by atoms with Crippen LogP contribution in [0.4, 0.5) is 11.4 Å². The first-order valence-corrected chi connectivity index (χ1v) is 10.8. The topological polar surface area (TPSA) is 49.4 Å². The fraction of sp³-hybridized carbons (Fsp3) is 0.444. The summed E-state index contributed by atoms with van der Waals surface area (Å²) in [5.74, 6) is 0.768. The predicted molar refractivity (Wildman–Crippen MR) is 99.4 cm³/mol. The lowest BCUT2D eigenvalue weighted by molar-refractivity contribution is 0.554. The molecule has 0 amide bonds. The van der Waals surface area contributed by atoms with Gasteiger partial charge in [-0.15, -0.1) is 11.3 Å². The van der Waals surface area contributed by atoms with Gasteiger partial charge in [0.05, 0.1) is 11.4 Å². The lowest BCUT2D eigenvalue weighted by atomic mass is 10.1. The number of nitrogens with zero attached hydrogens (tertiary/aromatic N) is 1. The van der Waals surface area contributed by atoms with E-state index in [0.29, 0.717) is 15.9 Å². The van der Waals surface area contributed by atoms with Crippen molar-refractivity contribution < 1.29 is 8.42 Å². The van der Waals surface area contributed by atoms with Gasteiger partial charge in [0.25, 0.3) is 10.0 Å². The van der Waals surface area contributed by atoms with Crippen LogP contribution in [0.2, 0.25) is 0 Å². The Balaban J connectivity index is 1.63. The van der Waals surface area contributed by atoms with E-state index in [1.54, 1.807) is 6.07 Å². The normalized spacial score (nSPS) is 23.0. The van der Waals surface area contributed by atoms with Gasteiger partial charge in [0.1, 0.15) is 4.21 Å². The first-order chi connectivity index (χ1) is 11.6. The quantitative estimate of drug-likeness (QED) is 0.871. The molecule has 24 heavy (non-hydrogen) atoms. The Bertz CT molecular complexity index is 844. The van der Waals surface area contributed by atoms with E-state index in [2.05, 4.69) is 9.62 Å². The zero-order chi connectivity index (χ0) is 16.7. The molecule has 1 aliphatic heterocycles. The van der Waals surface area contributed by atoms with Gasteiger partial charge in [0.2, 0.25) is 0 Å². The molecule has 128 valence electrons. The fourth-order valence-electron chi connectivity index (χ4n) is 3.92. The number of sulfonamides is 1. The number of rotatable bonds is 5. The minimum absolute atomic E-state index is 0.386. The minimum atomic E-state index is -3.53. The van der Waals surface area contributed by atoms with Crippen molar-refractivity contribution in [3.8, 4) is 0 Å². The van der Waals surface area contributed by atoms with Gasteiger partial charge in [0.15, 0.2) is 0 Å². The lowest BCUT2D eigenvalue weighted by Crippen LogP contribution is -2.32. The van der Waals surface area contributed by atoms with Gasteiger partial charge in [-0.2, -0.15) is 0 Å². The standard InChI is InChI=1S/C18H22N2O2S2/c1-2-15-9-10-18(23-15)24(21,22)19-16-5-3-4-6-17(16)20-12-13-7-8-14(20)11-13/h3-6,9-10,13-14,19H,2,7-8,11-12H2,1H3. The molecular formula is C18H22N2O2S2. The molecule has 2 heterocycles. The van der Waals surface area contributed by atoms with Crippen LogP contribution >= 0.6 is 11.3 Å². The van der Waals surface area contributed by atoms with E-state index < -0.39 is 10.0 Å². The molecular weight excluding hydrogens is 340 g/mol. The third-order valence-corrected chi connectivity index (χ3v) is 8.20. The third-order valence-electron chi connectivity index (χ3n) is 5.12. The first-order valence-electron chi connectivity index (χ1n) is 8.54. The third kappa shape index (κ3) is 2.82. The Morgan fingerprint density at radius 3 is 2.71 bits per heavy atom. The number of thiophene rings is 1. The van der Waals surface area contributed by atoms with E-state index in [9.17, 15) is 8.42 Å². The molecule has 1 aromatic heterocycles. The van der Waals surface area contributed by atoms with Gasteiger partial charge in [-0.3, -0.25) is 4.72 Å². The summed E-state index contributed by atoms with van der Waals surface area (Å²) in [6, 6.07) is 11.9. The monoisotopic (exact) mass is 362 g/mol. The number of hydrogen-bond acceptors (Lipinski definition) is 4. The van der Waals surface area contributed by atoms with Gasteiger partial charge < -0.3 is 4.90 Å². The Morgan fingerprint density at radius 2 is 2.04 bits per heavy atom. The van der Waals surface area contributed by atoms with Crippen molar-refractivity contribution in [1.82, 2.24) is 0 Å². The van der Waals surface area contributed by atoms with E-state index in [1.165, 1.54) is 30.6 Å². The lowest BCUT2D eigenvalue weighted by Gasteiger charge is -2.31. The second kappa shape index (κ2) is 6.08. The number of nitrogens with one attached hydrogen (secondary N) is 1. The number of piperidine rings is 1. The van der Waals surface area contributed by atoms with Crippen LogP contribution in [0.25, 0.3) is 0 Å². The summed E-state index contributed by atoms with van der Waals surface area (Å²) in [6.45, 7) is 3.08. The van der Waals surface area contributed by atoms with Gasteiger partial charge in [-0.05, 0) is 55.9 Å². The van der Waals surface area contributed by atoms with Crippen molar-refractivity contribution in [3.63, 3.8) is 0 Å². The molecule has 2 atom stereocenters. The summed E-state index contributed by atoms with van der Waals surface area (Å²) in [7, 11) is -3.53. The number of aryl methyl sites for hydroxylation is 1. The number of benzene rings is 1. The fourth-order valence-corrected chi connectivity index (χ4v) is 6.29. The average Bonchev–Trinajstić information content (AvgIpc) is 3.31. The molecule has 0 radical (unpaired) electrons. The van der Waals surface area contributed by atoms with Crippen molar-refractivity contribution in [3.05, 3.63) is 41.3 Å². The van der Waals surface area contributed by atoms with Gasteiger partial charge in [0, 0.05) is 17.5 Å². The van der Waals surface area contributed by atoms with Crippen molar-refractivity contribution in [2.75, 3.05) is 16.2 Å². The Kier molecular flexibility index (Phi) is 4.04. The number of anilines is 2. The number of fused-ring (bicyclic) bond motifs is 2. The summed E-state index contributed by atoms with van der Waals surface area (Å²) in [5.41, 5.74) is 1.71. The molecule has 2 fully saturated rings. The molecule has 1 saturated heterocycles. The molecule has 2 bridgehead atoms. The maximum Gasteiger partial charge on any atom is 0.271 e. The Labute approximate surface area is 147 Å². The number of hydrogen-bond donors (Lipinski definition) is 1. The van der Waals surface area contributed by atoms with Crippen LogP contribution in [0.3, 0.4) is 0 Å². The maximum absolute atomic E-state index is 12.7. The SMILES string of the molecule is CCc1ccc(S(=O)(=O)Nc2ccccc2N2CC3CCC2C3)s1. The van der Waals surface area contributed by atoms with Crippen LogP contribution in [-0.4, -0.2) is 21.0 Å². The highest BCUT2D eigenvalue weighted by atomic mass is 32.2. The van der Waals surface area contributed by atoms with Crippen LogP contribution in [0.5, 0.6) is 0 Å². The highest BCUT2D eigenvalue weighted by molar-refractivity contribution is 7.94. The molecule has 1 N–H and O–H groups in total. The maximum atomic E-state index is 12.7. The Hall–Kier alpha value is -1.53. The molecule has 2 aromatic rings. The first kappa shape index (κ1) is 16.0. The van der Waals surface area contributed by atoms with E-state index in [1.807, 2.05) is 37.3 Å². The highest BCUT2D eigenvalue weighted by Crippen LogP contribution is 2.42. The van der Waals surface area contributed by atoms with E-state index in [0.717, 1.165) is 29.4 Å². The van der Waals surface area contributed by atoms with Crippen LogP contribution in [0.1, 0.15) is 31.1 Å². The summed E-state index contributed by atoms with van der Waals surface area (Å²) < 4.78 is 28.7. The molecule has 4 rings (SSSR count). The molecule has 6 heteroatoms. The molecule has 4 nitrogen and oxygen atoms in total. The van der Waals surface area contributed by atoms with E-state index in [4.69, 9.17) is 0 Å². The molecule has 1 aromatic carbocycles. The van der Waals surface area contributed by atoms with Crippen molar-refractivity contribution in [1.29, 1.82) is 0 Å².